The molecule has 0 amide bonds. The average Bonchev–Trinajstić information content (AvgIpc) is 4.02. The number of nitriles is 1. The van der Waals surface area contributed by atoms with E-state index < -0.39 is 0 Å². The van der Waals surface area contributed by atoms with Crippen molar-refractivity contribution in [2.45, 2.75) is 96.9 Å². The Bertz CT molecular complexity index is 2210. The molecular formula is C40H50F2N8O2. The zero-order valence-electron chi connectivity index (χ0n) is 30.6. The summed E-state index contributed by atoms with van der Waals surface area (Å²) in [4.78, 5) is 29.4. The van der Waals surface area contributed by atoms with Crippen molar-refractivity contribution in [1.82, 2.24) is 9.13 Å². The van der Waals surface area contributed by atoms with Crippen molar-refractivity contribution in [3.8, 4) is 6.07 Å². The lowest BCUT2D eigenvalue weighted by Gasteiger charge is -2.25. The van der Waals surface area contributed by atoms with Crippen LogP contribution in [0.15, 0.2) is 33.9 Å². The number of nitrogens with two attached hydrogens (primary N) is 3. The van der Waals surface area contributed by atoms with Gasteiger partial charge in [0.05, 0.1) is 28.0 Å². The van der Waals surface area contributed by atoms with Crippen molar-refractivity contribution in [1.29, 1.82) is 5.26 Å². The molecule has 4 fully saturated rings. The van der Waals surface area contributed by atoms with Crippen LogP contribution < -0.4 is 38.1 Å². The number of hydrogen-bond acceptors (Lipinski definition) is 8. The Kier molecular flexibility index (Phi) is 9.65. The van der Waals surface area contributed by atoms with Crippen LogP contribution in [0.2, 0.25) is 0 Å². The molecule has 8 rings (SSSR count). The Hall–Kier alpha value is -4.31. The molecule has 6 N–H and O–H groups in total. The lowest BCUT2D eigenvalue weighted by molar-refractivity contribution is 0.487. The van der Waals surface area contributed by atoms with Crippen molar-refractivity contribution in [2.75, 3.05) is 36.0 Å². The lowest BCUT2D eigenvalue weighted by Crippen LogP contribution is -2.30. The largest absolute Gasteiger partial charge is 0.369 e. The Morgan fingerprint density at radius 3 is 1.60 bits per heavy atom. The van der Waals surface area contributed by atoms with E-state index in [4.69, 9.17) is 17.2 Å². The van der Waals surface area contributed by atoms with E-state index >= 15 is 8.78 Å². The smallest absolute Gasteiger partial charge is 0.252 e. The van der Waals surface area contributed by atoms with Gasteiger partial charge in [-0.05, 0) is 107 Å². The zero-order valence-corrected chi connectivity index (χ0v) is 30.6. The van der Waals surface area contributed by atoms with Gasteiger partial charge in [-0.25, -0.2) is 8.78 Å². The van der Waals surface area contributed by atoms with Crippen LogP contribution in [-0.4, -0.2) is 47.4 Å². The van der Waals surface area contributed by atoms with Crippen molar-refractivity contribution < 1.29 is 8.78 Å². The molecule has 2 saturated heterocycles. The van der Waals surface area contributed by atoms with Crippen LogP contribution in [0.5, 0.6) is 0 Å². The van der Waals surface area contributed by atoms with Crippen LogP contribution in [0, 0.1) is 48.6 Å². The predicted molar refractivity (Wildman–Crippen MR) is 203 cm³/mol. The number of aryl methyl sites for hydroxylation is 2. The van der Waals surface area contributed by atoms with Gasteiger partial charge in [0, 0.05) is 79.8 Å². The van der Waals surface area contributed by atoms with Gasteiger partial charge in [-0.2, -0.15) is 5.26 Å². The Morgan fingerprint density at radius 2 is 1.19 bits per heavy atom. The van der Waals surface area contributed by atoms with E-state index in [9.17, 15) is 14.9 Å². The first kappa shape index (κ1) is 36.1. The minimum Gasteiger partial charge on any atom is -0.369 e. The van der Waals surface area contributed by atoms with Crippen LogP contribution in [0.25, 0.3) is 21.8 Å². The number of nitrogens with zero attached hydrogens (tertiary/aromatic N) is 5. The van der Waals surface area contributed by atoms with Crippen molar-refractivity contribution >= 4 is 33.2 Å². The third-order valence-corrected chi connectivity index (χ3v) is 11.8. The molecule has 4 heterocycles. The SMILES string of the molecule is Cc1c(N2CC[C@@H]([C@H](C)N)C2)c(F)cc2c(C#N)cc(=O)n(C3CC3)c12.Cc1c(N2CC[C@@H]([C@H](C)N)C2)c(F)cc2c(CN)cc(=O)n(C3CC3)c12. The van der Waals surface area contributed by atoms with Gasteiger partial charge in [-0.15, -0.1) is 0 Å². The molecule has 2 saturated carbocycles. The summed E-state index contributed by atoms with van der Waals surface area (Å²) in [5, 5.41) is 10.7. The second kappa shape index (κ2) is 13.9. The molecule has 4 aliphatic rings. The summed E-state index contributed by atoms with van der Waals surface area (Å²) in [5.74, 6) is 0.125. The number of pyridine rings is 2. The molecule has 52 heavy (non-hydrogen) atoms. The molecule has 0 bridgehead atoms. The number of halogens is 2. The van der Waals surface area contributed by atoms with Crippen LogP contribution >= 0.6 is 0 Å². The van der Waals surface area contributed by atoms with Crippen LogP contribution in [-0.2, 0) is 6.54 Å². The molecule has 2 aromatic carbocycles. The first-order valence-electron chi connectivity index (χ1n) is 18.7. The van der Waals surface area contributed by atoms with E-state index in [1.165, 1.54) is 12.1 Å². The second-order valence-electron chi connectivity index (χ2n) is 15.6. The monoisotopic (exact) mass is 712 g/mol. The minimum atomic E-state index is -0.335. The molecule has 0 unspecified atom stereocenters. The number of anilines is 2. The van der Waals surface area contributed by atoms with E-state index in [2.05, 4.69) is 11.0 Å². The molecule has 2 aromatic heterocycles. The summed E-state index contributed by atoms with van der Waals surface area (Å²) in [6.07, 6.45) is 5.79. The summed E-state index contributed by atoms with van der Waals surface area (Å²) in [6.45, 7) is 11.0. The molecule has 12 heteroatoms. The van der Waals surface area contributed by atoms with Gasteiger partial charge in [-0.3, -0.25) is 9.59 Å². The highest BCUT2D eigenvalue weighted by Gasteiger charge is 2.34. The molecule has 2 aliphatic heterocycles. The van der Waals surface area contributed by atoms with Gasteiger partial charge < -0.3 is 36.1 Å². The topological polar surface area (TPSA) is 152 Å². The maximum Gasteiger partial charge on any atom is 0.252 e. The van der Waals surface area contributed by atoms with Crippen LogP contribution in [0.4, 0.5) is 20.2 Å². The Labute approximate surface area is 302 Å². The van der Waals surface area contributed by atoms with E-state index in [0.29, 0.717) is 46.2 Å². The predicted octanol–water partition coefficient (Wildman–Crippen LogP) is 5.25. The van der Waals surface area contributed by atoms with E-state index in [0.717, 1.165) is 80.2 Å². The van der Waals surface area contributed by atoms with E-state index in [-0.39, 0.29) is 59.0 Å². The summed E-state index contributed by atoms with van der Waals surface area (Å²) >= 11 is 0. The number of rotatable bonds is 7. The molecule has 4 atom stereocenters. The minimum absolute atomic E-state index is 0.0315. The fourth-order valence-corrected chi connectivity index (χ4v) is 8.64. The zero-order chi connectivity index (χ0) is 37.2. The van der Waals surface area contributed by atoms with Gasteiger partial charge in [0.25, 0.3) is 11.1 Å². The Morgan fingerprint density at radius 1 is 0.750 bits per heavy atom. The summed E-state index contributed by atoms with van der Waals surface area (Å²) < 4.78 is 33.8. The molecule has 276 valence electrons. The van der Waals surface area contributed by atoms with E-state index in [1.807, 2.05) is 37.2 Å². The number of aromatic nitrogens is 2. The molecular weight excluding hydrogens is 662 g/mol. The highest BCUT2D eigenvalue weighted by atomic mass is 19.1. The van der Waals surface area contributed by atoms with Gasteiger partial charge >= 0.3 is 0 Å². The standard InChI is InChI=1S/C20H27FN4O.C20H23FN4O/c2*1-11-19-16(14(9-22)7-18(26)25(19)15-3-4-15)8-17(21)20(11)24-6-5-13(10-24)12(2)23/h7-8,12-13,15H,3-6,9-10,22-23H2,1-2H3;7-8,12-13,15H,3-6,10,23H2,1-2H3/t2*12-,13+/m00/s1. The number of hydrogen-bond donors (Lipinski definition) is 3. The number of benzene rings is 2. The van der Waals surface area contributed by atoms with Gasteiger partial charge in [0.1, 0.15) is 17.7 Å². The maximum atomic E-state index is 15.1. The average molecular weight is 713 g/mol. The lowest BCUT2D eigenvalue weighted by atomic mass is 10.0. The van der Waals surface area contributed by atoms with Crippen molar-refractivity contribution in [3.63, 3.8) is 0 Å². The molecule has 0 radical (unpaired) electrons. The molecule has 10 nitrogen and oxygen atoms in total. The normalized spacial score (nSPS) is 21.4. The summed E-state index contributed by atoms with van der Waals surface area (Å²) in [5.41, 5.74) is 23.0. The maximum absolute atomic E-state index is 15.1. The molecule has 4 aromatic rings. The second-order valence-corrected chi connectivity index (χ2v) is 15.6. The van der Waals surface area contributed by atoms with E-state index in [1.54, 1.807) is 16.7 Å². The summed E-state index contributed by atoms with van der Waals surface area (Å²) in [6, 6.07) is 8.50. The van der Waals surface area contributed by atoms with Gasteiger partial charge in [0.2, 0.25) is 0 Å². The highest BCUT2D eigenvalue weighted by Crippen LogP contribution is 2.42. The fraction of sp³-hybridized carbons (Fsp3) is 0.525. The first-order chi connectivity index (χ1) is 24.8. The fourth-order valence-electron chi connectivity index (χ4n) is 8.64. The van der Waals surface area contributed by atoms with Gasteiger partial charge in [0.15, 0.2) is 0 Å². The third-order valence-electron chi connectivity index (χ3n) is 11.8. The first-order valence-corrected chi connectivity index (χ1v) is 18.7. The van der Waals surface area contributed by atoms with Crippen molar-refractivity contribution in [3.05, 3.63) is 78.9 Å². The molecule has 0 spiro atoms. The van der Waals surface area contributed by atoms with Crippen LogP contribution in [0.1, 0.15) is 86.7 Å². The molecule has 2 aliphatic carbocycles. The van der Waals surface area contributed by atoms with Gasteiger partial charge in [-0.1, -0.05) is 0 Å². The third kappa shape index (κ3) is 6.37. The highest BCUT2D eigenvalue weighted by molar-refractivity contribution is 5.92. The Balaban J connectivity index is 0.000000162. The quantitative estimate of drug-likeness (QED) is 0.235. The summed E-state index contributed by atoms with van der Waals surface area (Å²) in [7, 11) is 0. The van der Waals surface area contributed by atoms with Crippen molar-refractivity contribution in [2.24, 2.45) is 29.0 Å². The number of fused-ring (bicyclic) bond motifs is 2. The van der Waals surface area contributed by atoms with Crippen LogP contribution in [0.3, 0.4) is 0 Å².